The molecule has 1 amide bonds. The molecule has 7 nitrogen and oxygen atoms in total. The summed E-state index contributed by atoms with van der Waals surface area (Å²) in [4.78, 5) is 21.2. The van der Waals surface area contributed by atoms with Gasteiger partial charge in [-0.25, -0.2) is 4.68 Å². The number of aromatic nitrogens is 3. The lowest BCUT2D eigenvalue weighted by atomic mass is 10.1. The normalized spacial score (nSPS) is 14.6. The van der Waals surface area contributed by atoms with E-state index in [4.69, 9.17) is 16.3 Å². The maximum Gasteiger partial charge on any atom is 0.274 e. The van der Waals surface area contributed by atoms with Crippen LogP contribution in [-0.2, 0) is 13.3 Å². The molecule has 4 rings (SSSR count). The average molecular weight is 440 g/mol. The van der Waals surface area contributed by atoms with Crippen LogP contribution >= 0.6 is 11.6 Å². The number of amides is 1. The number of aryl methyl sites for hydroxylation is 2. The summed E-state index contributed by atoms with van der Waals surface area (Å²) in [5.74, 6) is 0.686. The number of hydrogen-bond donors (Lipinski definition) is 0. The van der Waals surface area contributed by atoms with Gasteiger partial charge in [-0.15, -0.1) is 0 Å². The summed E-state index contributed by atoms with van der Waals surface area (Å²) in [6, 6.07) is 9.56. The molecular formula is C23H26ClN5O2. The second kappa shape index (κ2) is 9.49. The first kappa shape index (κ1) is 21.3. The summed E-state index contributed by atoms with van der Waals surface area (Å²) in [6.45, 7) is 8.02. The standard InChI is InChI=1S/C23H26ClN5O2/c1-17-12-20(13-18(2)22(17)24)31-16-29-7-5-21(26-29)23(30)28-10-8-27(9-11-28)15-19-4-3-6-25-14-19/h3-7,12-14H,8-11,15-16H2,1-2H3. The summed E-state index contributed by atoms with van der Waals surface area (Å²) >= 11 is 6.21. The predicted octanol–water partition coefficient (Wildman–Crippen LogP) is 3.54. The van der Waals surface area contributed by atoms with Gasteiger partial charge in [0.15, 0.2) is 12.4 Å². The number of ether oxygens (including phenoxy) is 1. The summed E-state index contributed by atoms with van der Waals surface area (Å²) in [5.41, 5.74) is 3.56. The molecule has 0 bridgehead atoms. The van der Waals surface area contributed by atoms with Crippen LogP contribution in [-0.4, -0.2) is 56.7 Å². The molecule has 0 N–H and O–H groups in total. The Morgan fingerprint density at radius 3 is 2.55 bits per heavy atom. The molecule has 1 fully saturated rings. The summed E-state index contributed by atoms with van der Waals surface area (Å²) < 4.78 is 7.45. The first-order valence-electron chi connectivity index (χ1n) is 10.3. The lowest BCUT2D eigenvalue weighted by Crippen LogP contribution is -2.48. The third kappa shape index (κ3) is 5.24. The van der Waals surface area contributed by atoms with Crippen molar-refractivity contribution in [2.24, 2.45) is 0 Å². The smallest absolute Gasteiger partial charge is 0.274 e. The highest BCUT2D eigenvalue weighted by Gasteiger charge is 2.23. The summed E-state index contributed by atoms with van der Waals surface area (Å²) in [7, 11) is 0. The number of piperazine rings is 1. The van der Waals surface area contributed by atoms with E-state index in [1.807, 2.05) is 43.1 Å². The molecule has 8 heteroatoms. The molecule has 31 heavy (non-hydrogen) atoms. The van der Waals surface area contributed by atoms with Crippen LogP contribution in [0.25, 0.3) is 0 Å². The number of benzene rings is 1. The van der Waals surface area contributed by atoms with Gasteiger partial charge < -0.3 is 9.64 Å². The van der Waals surface area contributed by atoms with Crippen LogP contribution in [0.15, 0.2) is 48.9 Å². The number of carbonyl (C=O) groups is 1. The number of rotatable bonds is 6. The van der Waals surface area contributed by atoms with Gasteiger partial charge in [-0.1, -0.05) is 17.7 Å². The van der Waals surface area contributed by atoms with Crippen molar-refractivity contribution in [3.63, 3.8) is 0 Å². The SMILES string of the molecule is Cc1cc(OCn2ccc(C(=O)N3CCN(Cc4cccnc4)CC3)n2)cc(C)c1Cl. The van der Waals surface area contributed by atoms with E-state index in [1.165, 1.54) is 5.56 Å². The molecule has 1 aliphatic heterocycles. The maximum absolute atomic E-state index is 12.8. The Morgan fingerprint density at radius 1 is 1.13 bits per heavy atom. The number of halogens is 1. The molecule has 0 atom stereocenters. The molecule has 1 aliphatic rings. The first-order chi connectivity index (χ1) is 15.0. The van der Waals surface area contributed by atoms with E-state index in [0.29, 0.717) is 18.8 Å². The summed E-state index contributed by atoms with van der Waals surface area (Å²) in [6.07, 6.45) is 5.43. The number of hydrogen-bond acceptors (Lipinski definition) is 5. The van der Waals surface area contributed by atoms with Gasteiger partial charge >= 0.3 is 0 Å². The van der Waals surface area contributed by atoms with E-state index >= 15 is 0 Å². The van der Waals surface area contributed by atoms with Gasteiger partial charge in [-0.2, -0.15) is 5.10 Å². The third-order valence-electron chi connectivity index (χ3n) is 5.42. The minimum atomic E-state index is -0.0436. The molecule has 1 saturated heterocycles. The van der Waals surface area contributed by atoms with Crippen LogP contribution in [0.1, 0.15) is 27.2 Å². The Morgan fingerprint density at radius 2 is 1.87 bits per heavy atom. The van der Waals surface area contributed by atoms with Gasteiger partial charge in [0.25, 0.3) is 5.91 Å². The fourth-order valence-corrected chi connectivity index (χ4v) is 3.81. The van der Waals surface area contributed by atoms with Gasteiger partial charge in [0.1, 0.15) is 5.75 Å². The molecule has 0 saturated carbocycles. The van der Waals surface area contributed by atoms with E-state index in [2.05, 4.69) is 21.0 Å². The Balaban J connectivity index is 1.29. The van der Waals surface area contributed by atoms with Crippen molar-refractivity contribution in [3.8, 4) is 5.75 Å². The van der Waals surface area contributed by atoms with Crippen LogP contribution in [0.4, 0.5) is 0 Å². The highest BCUT2D eigenvalue weighted by atomic mass is 35.5. The molecule has 0 aliphatic carbocycles. The van der Waals surface area contributed by atoms with Crippen molar-refractivity contribution in [1.82, 2.24) is 24.6 Å². The van der Waals surface area contributed by atoms with Gasteiger partial charge in [0.2, 0.25) is 0 Å². The van der Waals surface area contributed by atoms with Gasteiger partial charge in [0.05, 0.1) is 0 Å². The molecule has 162 valence electrons. The molecule has 0 spiro atoms. The molecule has 0 radical (unpaired) electrons. The van der Waals surface area contributed by atoms with Crippen LogP contribution < -0.4 is 4.74 Å². The summed E-state index contributed by atoms with van der Waals surface area (Å²) in [5, 5.41) is 5.15. The van der Waals surface area contributed by atoms with Crippen LogP contribution in [0, 0.1) is 13.8 Å². The van der Waals surface area contributed by atoms with Gasteiger partial charge in [-0.3, -0.25) is 14.7 Å². The minimum Gasteiger partial charge on any atom is -0.471 e. The van der Waals surface area contributed by atoms with Crippen LogP contribution in [0.5, 0.6) is 5.75 Å². The van der Waals surface area contributed by atoms with E-state index in [-0.39, 0.29) is 12.6 Å². The van der Waals surface area contributed by atoms with Crippen molar-refractivity contribution in [3.05, 3.63) is 76.3 Å². The Labute approximate surface area is 187 Å². The topological polar surface area (TPSA) is 63.5 Å². The number of carbonyl (C=O) groups excluding carboxylic acids is 1. The molecule has 3 heterocycles. The second-order valence-corrected chi connectivity index (χ2v) is 8.19. The van der Waals surface area contributed by atoms with Gasteiger partial charge in [-0.05, 0) is 54.8 Å². The zero-order valence-electron chi connectivity index (χ0n) is 17.8. The van der Waals surface area contributed by atoms with Crippen molar-refractivity contribution in [2.45, 2.75) is 27.1 Å². The molecular weight excluding hydrogens is 414 g/mol. The van der Waals surface area contributed by atoms with Crippen molar-refractivity contribution >= 4 is 17.5 Å². The van der Waals surface area contributed by atoms with E-state index < -0.39 is 0 Å². The molecule has 1 aromatic carbocycles. The molecule has 2 aromatic heterocycles. The van der Waals surface area contributed by atoms with Crippen molar-refractivity contribution < 1.29 is 9.53 Å². The number of nitrogens with zero attached hydrogens (tertiary/aromatic N) is 5. The Kier molecular flexibility index (Phi) is 6.53. The molecule has 3 aromatic rings. The maximum atomic E-state index is 12.8. The highest BCUT2D eigenvalue weighted by molar-refractivity contribution is 6.32. The largest absolute Gasteiger partial charge is 0.471 e. The van der Waals surface area contributed by atoms with Crippen LogP contribution in [0.2, 0.25) is 5.02 Å². The second-order valence-electron chi connectivity index (χ2n) is 7.81. The minimum absolute atomic E-state index is 0.0436. The number of pyridine rings is 1. The van der Waals surface area contributed by atoms with E-state index in [1.54, 1.807) is 23.1 Å². The third-order valence-corrected chi connectivity index (χ3v) is 6.02. The van der Waals surface area contributed by atoms with E-state index in [9.17, 15) is 4.79 Å². The van der Waals surface area contributed by atoms with Crippen molar-refractivity contribution in [1.29, 1.82) is 0 Å². The highest BCUT2D eigenvalue weighted by Crippen LogP contribution is 2.26. The van der Waals surface area contributed by atoms with Gasteiger partial charge in [0, 0.05) is 56.3 Å². The lowest BCUT2D eigenvalue weighted by molar-refractivity contribution is 0.0620. The zero-order chi connectivity index (χ0) is 21.8. The lowest BCUT2D eigenvalue weighted by Gasteiger charge is -2.34. The van der Waals surface area contributed by atoms with Crippen molar-refractivity contribution in [2.75, 3.05) is 26.2 Å². The Hall–Kier alpha value is -2.90. The Bertz CT molecular complexity index is 1020. The fraction of sp³-hybridized carbons (Fsp3) is 0.348. The predicted molar refractivity (Wildman–Crippen MR) is 119 cm³/mol. The molecule has 0 unspecified atom stereocenters. The van der Waals surface area contributed by atoms with E-state index in [0.717, 1.165) is 41.5 Å². The average Bonchev–Trinajstić information content (AvgIpc) is 3.26. The monoisotopic (exact) mass is 439 g/mol. The van der Waals surface area contributed by atoms with Crippen LogP contribution in [0.3, 0.4) is 0 Å². The first-order valence-corrected chi connectivity index (χ1v) is 10.7. The quantitative estimate of drug-likeness (QED) is 0.587. The fourth-order valence-electron chi connectivity index (χ4n) is 3.70. The zero-order valence-corrected chi connectivity index (χ0v) is 18.5.